The topological polar surface area (TPSA) is 87.2 Å². The minimum Gasteiger partial charge on any atom is -0.497 e. The van der Waals surface area contributed by atoms with Crippen LogP contribution in [0.3, 0.4) is 0 Å². The van der Waals surface area contributed by atoms with Gasteiger partial charge in [0, 0.05) is 31.6 Å². The largest absolute Gasteiger partial charge is 0.497 e. The van der Waals surface area contributed by atoms with Gasteiger partial charge in [-0.25, -0.2) is 0 Å². The van der Waals surface area contributed by atoms with E-state index in [1.165, 1.54) is 11.8 Å². The number of ether oxygens (including phenoxy) is 1. The van der Waals surface area contributed by atoms with E-state index in [9.17, 15) is 14.4 Å². The number of hydrogen-bond donors (Lipinski definition) is 1. The predicted molar refractivity (Wildman–Crippen MR) is 91.6 cm³/mol. The molecule has 2 rings (SSSR count). The quantitative estimate of drug-likeness (QED) is 0.874. The average molecular weight is 348 g/mol. The molecule has 0 aliphatic carbocycles. The number of amides is 2. The van der Waals surface area contributed by atoms with E-state index < -0.39 is 5.97 Å². The summed E-state index contributed by atoms with van der Waals surface area (Å²) in [7, 11) is 1.57. The summed E-state index contributed by atoms with van der Waals surface area (Å²) in [6.45, 7) is 2.18. The fraction of sp³-hybridized carbons (Fsp3) is 0.500. The fourth-order valence-electron chi connectivity index (χ4n) is 3.15. The maximum Gasteiger partial charge on any atom is 0.323 e. The second-order valence-electron chi connectivity index (χ2n) is 6.15. The first kappa shape index (κ1) is 18.8. The van der Waals surface area contributed by atoms with Crippen molar-refractivity contribution in [2.75, 3.05) is 26.7 Å². The third-order valence-corrected chi connectivity index (χ3v) is 4.47. The predicted octanol–water partition coefficient (Wildman–Crippen LogP) is 1.62. The normalized spacial score (nSPS) is 17.5. The van der Waals surface area contributed by atoms with Gasteiger partial charge in [-0.15, -0.1) is 0 Å². The van der Waals surface area contributed by atoms with Crippen molar-refractivity contribution in [3.05, 3.63) is 29.8 Å². The van der Waals surface area contributed by atoms with E-state index in [-0.39, 0.29) is 24.4 Å². The highest BCUT2D eigenvalue weighted by atomic mass is 16.5. The van der Waals surface area contributed by atoms with Crippen molar-refractivity contribution in [3.63, 3.8) is 0 Å². The molecular weight excluding hydrogens is 324 g/mol. The first-order chi connectivity index (χ1) is 11.9. The number of aliphatic carboxylic acids is 1. The third kappa shape index (κ3) is 4.95. The van der Waals surface area contributed by atoms with Gasteiger partial charge < -0.3 is 19.6 Å². The lowest BCUT2D eigenvalue weighted by atomic mass is 10.1. The van der Waals surface area contributed by atoms with Crippen LogP contribution in [0.25, 0.3) is 0 Å². The number of carboxylic acids is 1. The molecule has 1 atom stereocenters. The van der Waals surface area contributed by atoms with Crippen LogP contribution in [0, 0.1) is 0 Å². The minimum absolute atomic E-state index is 0.0593. The van der Waals surface area contributed by atoms with Gasteiger partial charge in [0.2, 0.25) is 5.91 Å². The molecule has 0 aromatic heterocycles. The molecule has 1 heterocycles. The zero-order valence-corrected chi connectivity index (χ0v) is 14.6. The summed E-state index contributed by atoms with van der Waals surface area (Å²) in [5.74, 6) is -0.637. The summed E-state index contributed by atoms with van der Waals surface area (Å²) < 4.78 is 5.10. The van der Waals surface area contributed by atoms with E-state index in [4.69, 9.17) is 9.84 Å². The molecule has 0 bridgehead atoms. The Kier molecular flexibility index (Phi) is 6.38. The number of carboxylic acid groups (broad SMARTS) is 1. The Bertz CT molecular complexity index is 629. The SMILES string of the molecule is COc1ccc(C(=O)N2CCCC(N(CC(=O)O)C(C)=O)CC2)cc1. The van der Waals surface area contributed by atoms with Gasteiger partial charge >= 0.3 is 5.97 Å². The molecule has 1 saturated heterocycles. The van der Waals surface area contributed by atoms with Crippen molar-refractivity contribution in [1.82, 2.24) is 9.80 Å². The van der Waals surface area contributed by atoms with Crippen molar-refractivity contribution >= 4 is 17.8 Å². The molecule has 1 aliphatic heterocycles. The Balaban J connectivity index is 2.03. The number of rotatable bonds is 5. The number of benzene rings is 1. The maximum atomic E-state index is 12.7. The Hall–Kier alpha value is -2.57. The van der Waals surface area contributed by atoms with Gasteiger partial charge in [0.15, 0.2) is 0 Å². The molecule has 1 fully saturated rings. The number of likely N-dealkylation sites (tertiary alicyclic amines) is 1. The van der Waals surface area contributed by atoms with Crippen LogP contribution in [0.1, 0.15) is 36.5 Å². The molecule has 7 heteroatoms. The van der Waals surface area contributed by atoms with E-state index in [2.05, 4.69) is 0 Å². The van der Waals surface area contributed by atoms with E-state index >= 15 is 0 Å². The minimum atomic E-state index is -1.02. The maximum absolute atomic E-state index is 12.7. The van der Waals surface area contributed by atoms with Gasteiger partial charge in [0.25, 0.3) is 5.91 Å². The monoisotopic (exact) mass is 348 g/mol. The highest BCUT2D eigenvalue weighted by Crippen LogP contribution is 2.20. The highest BCUT2D eigenvalue weighted by Gasteiger charge is 2.27. The van der Waals surface area contributed by atoms with Crippen molar-refractivity contribution in [2.24, 2.45) is 0 Å². The molecule has 2 amide bonds. The molecule has 1 N–H and O–H groups in total. The second kappa shape index (κ2) is 8.50. The molecule has 1 aliphatic rings. The number of carbonyl (C=O) groups is 3. The van der Waals surface area contributed by atoms with E-state index in [1.807, 2.05) is 0 Å². The fourth-order valence-corrected chi connectivity index (χ4v) is 3.15. The van der Waals surface area contributed by atoms with Gasteiger partial charge in [-0.3, -0.25) is 14.4 Å². The van der Waals surface area contributed by atoms with Gasteiger partial charge in [-0.1, -0.05) is 0 Å². The molecule has 0 radical (unpaired) electrons. The van der Waals surface area contributed by atoms with Crippen LogP contribution in [0.5, 0.6) is 5.75 Å². The van der Waals surface area contributed by atoms with Gasteiger partial charge in [-0.05, 0) is 43.5 Å². The summed E-state index contributed by atoms with van der Waals surface area (Å²) in [6, 6.07) is 6.81. The summed E-state index contributed by atoms with van der Waals surface area (Å²) >= 11 is 0. The average Bonchev–Trinajstić information content (AvgIpc) is 2.84. The molecule has 25 heavy (non-hydrogen) atoms. The van der Waals surface area contributed by atoms with Crippen molar-refractivity contribution < 1.29 is 24.2 Å². The number of hydrogen-bond acceptors (Lipinski definition) is 4. The smallest absolute Gasteiger partial charge is 0.323 e. The van der Waals surface area contributed by atoms with Gasteiger partial charge in [0.05, 0.1) is 7.11 Å². The second-order valence-corrected chi connectivity index (χ2v) is 6.15. The lowest BCUT2D eigenvalue weighted by Crippen LogP contribution is -2.43. The van der Waals surface area contributed by atoms with Crippen LogP contribution in [-0.2, 0) is 9.59 Å². The molecule has 136 valence electrons. The summed E-state index contributed by atoms with van der Waals surface area (Å²) in [5.41, 5.74) is 0.591. The van der Waals surface area contributed by atoms with Crippen molar-refractivity contribution in [3.8, 4) is 5.75 Å². The highest BCUT2D eigenvalue weighted by molar-refractivity contribution is 5.94. The first-order valence-electron chi connectivity index (χ1n) is 8.34. The van der Waals surface area contributed by atoms with Gasteiger partial charge in [0.1, 0.15) is 12.3 Å². The van der Waals surface area contributed by atoms with Crippen LogP contribution < -0.4 is 4.74 Å². The Morgan fingerprint density at radius 1 is 1.20 bits per heavy atom. The number of carbonyl (C=O) groups excluding carboxylic acids is 2. The Morgan fingerprint density at radius 3 is 2.44 bits per heavy atom. The summed E-state index contributed by atoms with van der Waals surface area (Å²) in [6.07, 6.45) is 2.00. The lowest BCUT2D eigenvalue weighted by Gasteiger charge is -2.28. The standard InChI is InChI=1S/C18H24N2O5/c1-13(21)20(12-17(22)23)15-4-3-10-19(11-9-15)18(24)14-5-7-16(25-2)8-6-14/h5-8,15H,3-4,9-12H2,1-2H3,(H,22,23). The van der Waals surface area contributed by atoms with Crippen LogP contribution in [0.4, 0.5) is 0 Å². The lowest BCUT2D eigenvalue weighted by molar-refractivity contribution is -0.145. The zero-order chi connectivity index (χ0) is 18.4. The molecule has 0 saturated carbocycles. The molecular formula is C18H24N2O5. The van der Waals surface area contributed by atoms with E-state index in [0.29, 0.717) is 37.2 Å². The molecule has 1 unspecified atom stereocenters. The van der Waals surface area contributed by atoms with Crippen LogP contribution in [0.15, 0.2) is 24.3 Å². The Labute approximate surface area is 147 Å². The summed E-state index contributed by atoms with van der Waals surface area (Å²) in [5, 5.41) is 9.00. The molecule has 7 nitrogen and oxygen atoms in total. The van der Waals surface area contributed by atoms with E-state index in [0.717, 1.165) is 6.42 Å². The van der Waals surface area contributed by atoms with Gasteiger partial charge in [-0.2, -0.15) is 0 Å². The third-order valence-electron chi connectivity index (χ3n) is 4.47. The van der Waals surface area contributed by atoms with Crippen LogP contribution in [-0.4, -0.2) is 65.5 Å². The number of nitrogens with zero attached hydrogens (tertiary/aromatic N) is 2. The number of methoxy groups -OCH3 is 1. The van der Waals surface area contributed by atoms with Crippen LogP contribution >= 0.6 is 0 Å². The zero-order valence-electron chi connectivity index (χ0n) is 14.6. The molecule has 1 aromatic rings. The summed E-state index contributed by atoms with van der Waals surface area (Å²) in [4.78, 5) is 38.6. The first-order valence-corrected chi connectivity index (χ1v) is 8.34. The van der Waals surface area contributed by atoms with Crippen LogP contribution in [0.2, 0.25) is 0 Å². The van der Waals surface area contributed by atoms with Crippen molar-refractivity contribution in [2.45, 2.75) is 32.2 Å². The molecule has 0 spiro atoms. The van der Waals surface area contributed by atoms with E-state index in [1.54, 1.807) is 36.3 Å². The Morgan fingerprint density at radius 2 is 1.88 bits per heavy atom. The van der Waals surface area contributed by atoms with Crippen molar-refractivity contribution in [1.29, 1.82) is 0 Å². The molecule has 1 aromatic carbocycles.